The zero-order valence-electron chi connectivity index (χ0n) is 18.8. The molecule has 0 saturated carbocycles. The molecule has 1 saturated heterocycles. The molecule has 1 unspecified atom stereocenters. The summed E-state index contributed by atoms with van der Waals surface area (Å²) in [5.41, 5.74) is 11.4. The lowest BCUT2D eigenvalue weighted by Crippen LogP contribution is -2.71. The van der Waals surface area contributed by atoms with Crippen molar-refractivity contribution in [3.8, 4) is 0 Å². The van der Waals surface area contributed by atoms with Crippen molar-refractivity contribution < 1.29 is 24.3 Å². The number of carboxylic acids is 1. The van der Waals surface area contributed by atoms with E-state index in [1.165, 1.54) is 33.9 Å². The minimum Gasteiger partial charge on any atom is -0.477 e. The monoisotopic (exact) mass is 531 g/mol. The minimum absolute atomic E-state index is 0.0232. The predicted molar refractivity (Wildman–Crippen MR) is 132 cm³/mol. The fraction of sp³-hybridized carbons (Fsp3) is 0.250. The summed E-state index contributed by atoms with van der Waals surface area (Å²) < 4.78 is 1.38. The summed E-state index contributed by atoms with van der Waals surface area (Å²) in [6, 6.07) is 0.311. The second-order valence-corrected chi connectivity index (χ2v) is 9.53. The molecule has 2 aliphatic heterocycles. The van der Waals surface area contributed by atoms with Crippen molar-refractivity contribution in [1.82, 2.24) is 24.8 Å². The Labute approximate surface area is 211 Å². The van der Waals surface area contributed by atoms with E-state index in [1.807, 2.05) is 0 Å². The van der Waals surface area contributed by atoms with Gasteiger partial charge in [0.1, 0.15) is 46.5 Å². The van der Waals surface area contributed by atoms with Crippen LogP contribution in [0.1, 0.15) is 11.5 Å². The molecule has 36 heavy (non-hydrogen) atoms. The van der Waals surface area contributed by atoms with Gasteiger partial charge in [-0.25, -0.2) is 14.8 Å². The van der Waals surface area contributed by atoms with Crippen molar-refractivity contribution in [2.45, 2.75) is 11.4 Å². The third-order valence-corrected chi connectivity index (χ3v) is 7.21. The summed E-state index contributed by atoms with van der Waals surface area (Å²) in [6.07, 6.45) is 1.44. The average Bonchev–Trinajstić information content (AvgIpc) is 3.27. The first-order valence-electron chi connectivity index (χ1n) is 10.3. The number of fused-ring (bicyclic) bond motifs is 1. The number of anilines is 2. The zero-order valence-corrected chi connectivity index (χ0v) is 20.4. The Morgan fingerprint density at radius 1 is 1.44 bits per heavy atom. The summed E-state index contributed by atoms with van der Waals surface area (Å²) in [4.78, 5) is 52.6. The first kappa shape index (κ1) is 24.9. The molecule has 2 aliphatic rings. The number of carbonyl (C=O) groups is 3. The van der Waals surface area contributed by atoms with E-state index in [2.05, 4.69) is 27.0 Å². The molecular weight excluding hydrogens is 510 g/mol. The normalized spacial score (nSPS) is 19.4. The van der Waals surface area contributed by atoms with Crippen molar-refractivity contribution >= 4 is 63.1 Å². The Bertz CT molecular complexity index is 1400. The Hall–Kier alpha value is -4.18. The van der Waals surface area contributed by atoms with Crippen molar-refractivity contribution in [1.29, 1.82) is 5.41 Å². The number of nitrogens with one attached hydrogen (secondary N) is 2. The number of aliphatic carboxylic acids is 1. The number of oxime groups is 1. The van der Waals surface area contributed by atoms with Crippen LogP contribution in [0.25, 0.3) is 5.57 Å². The molecule has 14 nitrogen and oxygen atoms in total. The summed E-state index contributed by atoms with van der Waals surface area (Å²) in [7, 11) is 1.55. The van der Waals surface area contributed by atoms with Crippen LogP contribution in [0.4, 0.5) is 10.9 Å². The number of rotatable bonds is 8. The Kier molecular flexibility index (Phi) is 6.80. The van der Waals surface area contributed by atoms with Gasteiger partial charge >= 0.3 is 5.97 Å². The number of hydrogen-bond acceptors (Lipinski definition) is 12. The van der Waals surface area contributed by atoms with Crippen LogP contribution in [0.2, 0.25) is 0 Å². The van der Waals surface area contributed by atoms with E-state index in [1.54, 1.807) is 7.05 Å². The van der Waals surface area contributed by atoms with Crippen LogP contribution in [0.3, 0.4) is 0 Å². The molecule has 7 N–H and O–H groups in total. The molecule has 2 atom stereocenters. The topological polar surface area (TPSA) is 215 Å². The number of hydrogen-bond donors (Lipinski definition) is 5. The molecule has 188 valence electrons. The molecule has 0 bridgehead atoms. The van der Waals surface area contributed by atoms with E-state index >= 15 is 0 Å². The maximum atomic E-state index is 13.1. The number of aromatic nitrogens is 3. The second-order valence-electron chi connectivity index (χ2n) is 7.54. The zero-order chi connectivity index (χ0) is 26.1. The molecule has 0 radical (unpaired) electrons. The number of carboxylic acid groups (broad SMARTS) is 1. The molecule has 0 aromatic carbocycles. The van der Waals surface area contributed by atoms with Crippen LogP contribution in [0.5, 0.6) is 0 Å². The Morgan fingerprint density at radius 3 is 2.83 bits per heavy atom. The van der Waals surface area contributed by atoms with Gasteiger partial charge < -0.3 is 31.3 Å². The smallest absolute Gasteiger partial charge is 0.353 e. The third-order valence-electron chi connectivity index (χ3n) is 5.25. The van der Waals surface area contributed by atoms with Gasteiger partial charge in [0.05, 0.1) is 0 Å². The number of carbonyl (C=O) groups excluding carboxylic acids is 2. The lowest BCUT2D eigenvalue weighted by molar-refractivity contribution is -0.149. The Morgan fingerprint density at radius 2 is 2.19 bits per heavy atom. The van der Waals surface area contributed by atoms with Gasteiger partial charge in [-0.1, -0.05) is 17.8 Å². The molecule has 4 rings (SSSR count). The van der Waals surface area contributed by atoms with E-state index in [4.69, 9.17) is 21.7 Å². The highest BCUT2D eigenvalue weighted by Crippen LogP contribution is 2.42. The Balaban J connectivity index is 1.62. The largest absolute Gasteiger partial charge is 0.477 e. The van der Waals surface area contributed by atoms with E-state index < -0.39 is 29.2 Å². The van der Waals surface area contributed by atoms with Crippen LogP contribution in [-0.2, 0) is 26.3 Å². The molecule has 1 fully saturated rings. The van der Waals surface area contributed by atoms with Crippen LogP contribution < -0.4 is 22.3 Å². The maximum absolute atomic E-state index is 13.1. The highest BCUT2D eigenvalue weighted by molar-refractivity contribution is 8.00. The number of amides is 2. The van der Waals surface area contributed by atoms with Crippen molar-refractivity contribution in [3.05, 3.63) is 46.8 Å². The fourth-order valence-corrected chi connectivity index (χ4v) is 5.49. The summed E-state index contributed by atoms with van der Waals surface area (Å²) >= 11 is 2.34. The average molecular weight is 532 g/mol. The second kappa shape index (κ2) is 9.82. The van der Waals surface area contributed by atoms with Gasteiger partial charge in [0, 0.05) is 29.8 Å². The van der Waals surface area contributed by atoms with Gasteiger partial charge in [0.2, 0.25) is 0 Å². The molecule has 4 heterocycles. The molecule has 2 aromatic rings. The van der Waals surface area contributed by atoms with Crippen LogP contribution in [0.15, 0.2) is 35.0 Å². The van der Waals surface area contributed by atoms with Gasteiger partial charge in [0.25, 0.3) is 11.8 Å². The lowest BCUT2D eigenvalue weighted by atomic mass is 10.0. The van der Waals surface area contributed by atoms with Crippen molar-refractivity contribution in [2.24, 2.45) is 12.2 Å². The van der Waals surface area contributed by atoms with Crippen LogP contribution in [-0.4, -0.2) is 71.8 Å². The lowest BCUT2D eigenvalue weighted by Gasteiger charge is -2.49. The van der Waals surface area contributed by atoms with E-state index in [-0.39, 0.29) is 57.3 Å². The summed E-state index contributed by atoms with van der Waals surface area (Å²) in [5, 5.41) is 25.4. The number of β-lactam (4-membered cyclic amide) rings is 1. The molecule has 2 amide bonds. The van der Waals surface area contributed by atoms with Gasteiger partial charge in [0.15, 0.2) is 10.8 Å². The highest BCUT2D eigenvalue weighted by Gasteiger charge is 2.55. The first-order chi connectivity index (χ1) is 17.1. The van der Waals surface area contributed by atoms with Crippen molar-refractivity contribution in [2.75, 3.05) is 23.8 Å². The van der Waals surface area contributed by atoms with Gasteiger partial charge in [-0.3, -0.25) is 19.9 Å². The number of nitrogens with two attached hydrogens (primary N) is 2. The predicted octanol–water partition coefficient (Wildman–Crippen LogP) is -0.677. The molecule has 0 spiro atoms. The van der Waals surface area contributed by atoms with Gasteiger partial charge in [-0.05, 0) is 0 Å². The van der Waals surface area contributed by atoms with Crippen LogP contribution >= 0.6 is 23.1 Å². The number of thioether (sulfide) groups is 1. The number of thiazole rings is 1. The van der Waals surface area contributed by atoms with Crippen molar-refractivity contribution in [3.63, 3.8) is 0 Å². The molecule has 0 aliphatic carbocycles. The van der Waals surface area contributed by atoms with E-state index in [0.29, 0.717) is 0 Å². The number of nitrogens with zero attached hydrogens (tertiary/aromatic N) is 5. The van der Waals surface area contributed by atoms with Gasteiger partial charge in [-0.2, -0.15) is 0 Å². The molecule has 16 heteroatoms. The maximum Gasteiger partial charge on any atom is 0.353 e. The molecular formula is C20H21N9O5S2. The number of nitrogen functional groups attached to an aromatic ring is 2. The third kappa shape index (κ3) is 4.42. The van der Waals surface area contributed by atoms with E-state index in [9.17, 15) is 19.5 Å². The van der Waals surface area contributed by atoms with E-state index in [0.717, 1.165) is 16.2 Å². The summed E-state index contributed by atoms with van der Waals surface area (Å²) in [6.45, 7) is 3.55. The summed E-state index contributed by atoms with van der Waals surface area (Å²) in [5.74, 6) is -2.35. The SMILES string of the molecule is C=CCO/N=C(\C(=O)NC1C(=O)N2C(C(=O)O)=C(c3nc(N)cc(=N)n3C)CS[C@H]12)c1csc(N)n1. The highest BCUT2D eigenvalue weighted by atomic mass is 32.2. The van der Waals surface area contributed by atoms with Crippen LogP contribution in [0, 0.1) is 5.41 Å². The molecule has 2 aromatic heterocycles. The fourth-order valence-electron chi connectivity index (χ4n) is 3.61. The standard InChI is InChI=1S/C20H21N9O5S2/c1-3-4-34-27-12(9-7-36-20(23)24-9)16(30)26-13-17(31)29-14(19(32)33)8(6-35-18(13)29)15-25-10(21)5-11(22)28(15)2/h3,5,7,13,18,22H,1,4,6,21H2,2H3,(H2,23,24)(H,26,30)(H,32,33)/b22-11?,27-12-/t13?,18-/m1/s1. The quantitative estimate of drug-likeness (QED) is 0.0951. The van der Waals surface area contributed by atoms with Gasteiger partial charge in [-0.15, -0.1) is 23.1 Å². The minimum atomic E-state index is -1.35. The first-order valence-corrected chi connectivity index (χ1v) is 12.2.